The van der Waals surface area contributed by atoms with Gasteiger partial charge in [-0.2, -0.15) is 0 Å². The van der Waals surface area contributed by atoms with Crippen molar-refractivity contribution in [1.82, 2.24) is 0 Å². The van der Waals surface area contributed by atoms with Gasteiger partial charge >= 0.3 is 5.97 Å². The Labute approximate surface area is 71.5 Å². The Hall–Kier alpha value is -0.510. The van der Waals surface area contributed by atoms with E-state index >= 15 is 0 Å². The SMILES string of the molecule is CCC(S)OC(=O)CC(C)=O. The summed E-state index contributed by atoms with van der Waals surface area (Å²) in [5.74, 6) is -0.689. The van der Waals surface area contributed by atoms with Gasteiger partial charge in [-0.05, 0) is 13.3 Å². The van der Waals surface area contributed by atoms with Crippen LogP contribution in [0.2, 0.25) is 0 Å². The van der Waals surface area contributed by atoms with Gasteiger partial charge in [0.05, 0.1) is 0 Å². The van der Waals surface area contributed by atoms with E-state index in [0.29, 0.717) is 6.42 Å². The molecule has 0 aromatic heterocycles. The van der Waals surface area contributed by atoms with Crippen molar-refractivity contribution >= 4 is 24.4 Å². The van der Waals surface area contributed by atoms with Crippen molar-refractivity contribution in [2.75, 3.05) is 0 Å². The van der Waals surface area contributed by atoms with Crippen LogP contribution in [0.15, 0.2) is 0 Å². The van der Waals surface area contributed by atoms with E-state index in [1.54, 1.807) is 0 Å². The zero-order chi connectivity index (χ0) is 8.85. The van der Waals surface area contributed by atoms with Crippen LogP contribution in [0.25, 0.3) is 0 Å². The van der Waals surface area contributed by atoms with Gasteiger partial charge < -0.3 is 4.74 Å². The van der Waals surface area contributed by atoms with Gasteiger partial charge in [-0.15, -0.1) is 12.6 Å². The van der Waals surface area contributed by atoms with E-state index in [2.05, 4.69) is 12.6 Å². The Morgan fingerprint density at radius 1 is 1.55 bits per heavy atom. The fourth-order valence-corrected chi connectivity index (χ4v) is 0.598. The van der Waals surface area contributed by atoms with Crippen molar-refractivity contribution in [3.05, 3.63) is 0 Å². The molecule has 3 nitrogen and oxygen atoms in total. The first-order valence-electron chi connectivity index (χ1n) is 3.43. The third-order valence-electron chi connectivity index (χ3n) is 1.01. The van der Waals surface area contributed by atoms with Crippen LogP contribution < -0.4 is 0 Å². The van der Waals surface area contributed by atoms with E-state index < -0.39 is 5.97 Å². The first-order valence-corrected chi connectivity index (χ1v) is 3.95. The first kappa shape index (κ1) is 10.5. The highest BCUT2D eigenvalue weighted by Crippen LogP contribution is 2.03. The van der Waals surface area contributed by atoms with Gasteiger partial charge in [0, 0.05) is 0 Å². The summed E-state index contributed by atoms with van der Waals surface area (Å²) in [7, 11) is 0. The van der Waals surface area contributed by atoms with Crippen LogP contribution in [0.1, 0.15) is 26.7 Å². The molecule has 11 heavy (non-hydrogen) atoms. The van der Waals surface area contributed by atoms with Crippen LogP contribution in [0.5, 0.6) is 0 Å². The Bertz CT molecular complexity index is 156. The molecule has 0 aromatic rings. The second kappa shape index (κ2) is 5.18. The fourth-order valence-electron chi connectivity index (χ4n) is 0.480. The second-order valence-electron chi connectivity index (χ2n) is 2.23. The number of carbonyl (C=O) groups excluding carboxylic acids is 2. The van der Waals surface area contributed by atoms with Gasteiger partial charge in [0.1, 0.15) is 17.6 Å². The number of carbonyl (C=O) groups is 2. The molecule has 0 spiro atoms. The number of ketones is 1. The van der Waals surface area contributed by atoms with Crippen molar-refractivity contribution in [2.45, 2.75) is 32.1 Å². The smallest absolute Gasteiger partial charge is 0.314 e. The Morgan fingerprint density at radius 3 is 2.45 bits per heavy atom. The van der Waals surface area contributed by atoms with Gasteiger partial charge in [-0.25, -0.2) is 0 Å². The van der Waals surface area contributed by atoms with E-state index in [1.807, 2.05) is 6.92 Å². The molecule has 0 heterocycles. The minimum atomic E-state index is -0.501. The van der Waals surface area contributed by atoms with Crippen molar-refractivity contribution in [3.63, 3.8) is 0 Å². The predicted molar refractivity (Wildman–Crippen MR) is 44.5 cm³/mol. The second-order valence-corrected chi connectivity index (χ2v) is 2.81. The first-order chi connectivity index (χ1) is 5.06. The lowest BCUT2D eigenvalue weighted by atomic mass is 10.3. The number of Topliss-reactive ketones (excluding diaryl/α,β-unsaturated/α-hetero) is 1. The molecule has 0 amide bonds. The number of ether oxygens (including phenoxy) is 1. The lowest BCUT2D eigenvalue weighted by molar-refractivity contribution is -0.147. The molecular weight excluding hydrogens is 164 g/mol. The zero-order valence-corrected chi connectivity index (χ0v) is 7.56. The summed E-state index contributed by atoms with van der Waals surface area (Å²) in [6.07, 6.45) is 0.490. The molecule has 0 N–H and O–H groups in total. The largest absolute Gasteiger partial charge is 0.451 e. The molecule has 0 aliphatic carbocycles. The lowest BCUT2D eigenvalue weighted by Crippen LogP contribution is -2.14. The molecule has 0 rings (SSSR count). The predicted octanol–water partition coefficient (Wildman–Crippen LogP) is 1.17. The molecule has 0 saturated heterocycles. The van der Waals surface area contributed by atoms with Crippen molar-refractivity contribution in [3.8, 4) is 0 Å². The third-order valence-corrected chi connectivity index (χ3v) is 1.48. The molecule has 0 aliphatic rings. The van der Waals surface area contributed by atoms with E-state index in [-0.39, 0.29) is 17.6 Å². The summed E-state index contributed by atoms with van der Waals surface area (Å²) in [5.41, 5.74) is -0.387. The lowest BCUT2D eigenvalue weighted by Gasteiger charge is -2.08. The highest BCUT2D eigenvalue weighted by atomic mass is 32.1. The maximum atomic E-state index is 10.7. The molecule has 0 aliphatic heterocycles. The summed E-state index contributed by atoms with van der Waals surface area (Å²) >= 11 is 3.94. The average molecular weight is 176 g/mol. The average Bonchev–Trinajstić information content (AvgIpc) is 1.85. The third kappa shape index (κ3) is 5.91. The van der Waals surface area contributed by atoms with Crippen LogP contribution in [0.4, 0.5) is 0 Å². The Kier molecular flexibility index (Phi) is 4.94. The summed E-state index contributed by atoms with van der Waals surface area (Å²) < 4.78 is 4.71. The summed E-state index contributed by atoms with van der Waals surface area (Å²) in [4.78, 5) is 21.1. The van der Waals surface area contributed by atoms with Crippen LogP contribution in [0.3, 0.4) is 0 Å². The van der Waals surface area contributed by atoms with Gasteiger partial charge in [-0.3, -0.25) is 9.59 Å². The topological polar surface area (TPSA) is 43.4 Å². The number of thiol groups is 1. The quantitative estimate of drug-likeness (QED) is 0.303. The summed E-state index contributed by atoms with van der Waals surface area (Å²) in [6, 6.07) is 0. The highest BCUT2D eigenvalue weighted by molar-refractivity contribution is 7.80. The molecule has 4 heteroatoms. The molecule has 1 unspecified atom stereocenters. The van der Waals surface area contributed by atoms with Crippen LogP contribution in [-0.2, 0) is 14.3 Å². The molecule has 64 valence electrons. The maximum Gasteiger partial charge on any atom is 0.314 e. The van der Waals surface area contributed by atoms with E-state index in [4.69, 9.17) is 4.74 Å². The molecule has 0 bridgehead atoms. The van der Waals surface area contributed by atoms with Crippen molar-refractivity contribution < 1.29 is 14.3 Å². The number of rotatable bonds is 4. The van der Waals surface area contributed by atoms with Crippen LogP contribution in [0, 0.1) is 0 Å². The molecule has 0 aromatic carbocycles. The number of hydrogen-bond donors (Lipinski definition) is 1. The van der Waals surface area contributed by atoms with E-state index in [9.17, 15) is 9.59 Å². The maximum absolute atomic E-state index is 10.7. The Balaban J connectivity index is 3.60. The van der Waals surface area contributed by atoms with Gasteiger partial charge in [0.25, 0.3) is 0 Å². The fraction of sp³-hybridized carbons (Fsp3) is 0.714. The molecule has 0 saturated carbocycles. The van der Waals surface area contributed by atoms with Crippen molar-refractivity contribution in [1.29, 1.82) is 0 Å². The van der Waals surface area contributed by atoms with Crippen molar-refractivity contribution in [2.24, 2.45) is 0 Å². The molecular formula is C7H12O3S. The van der Waals surface area contributed by atoms with Gasteiger partial charge in [-0.1, -0.05) is 6.92 Å². The zero-order valence-electron chi connectivity index (χ0n) is 6.66. The highest BCUT2D eigenvalue weighted by Gasteiger charge is 2.09. The van der Waals surface area contributed by atoms with Gasteiger partial charge in [0.15, 0.2) is 0 Å². The van der Waals surface area contributed by atoms with Gasteiger partial charge in [0.2, 0.25) is 0 Å². The molecule has 1 atom stereocenters. The standard InChI is InChI=1S/C7H12O3S/c1-3-7(11)10-6(9)4-5(2)8/h7,11H,3-4H2,1-2H3. The summed E-state index contributed by atoms with van der Waals surface area (Å²) in [5, 5.41) is 0. The number of esters is 1. The van der Waals surface area contributed by atoms with E-state index in [1.165, 1.54) is 6.92 Å². The Morgan fingerprint density at radius 2 is 2.09 bits per heavy atom. The minimum absolute atomic E-state index is 0.156. The number of hydrogen-bond acceptors (Lipinski definition) is 4. The minimum Gasteiger partial charge on any atom is -0.451 e. The monoisotopic (exact) mass is 176 g/mol. The van der Waals surface area contributed by atoms with Crippen LogP contribution in [-0.4, -0.2) is 17.2 Å². The van der Waals surface area contributed by atoms with Crippen LogP contribution >= 0.6 is 12.6 Å². The van der Waals surface area contributed by atoms with E-state index in [0.717, 1.165) is 0 Å². The normalized spacial score (nSPS) is 12.3. The summed E-state index contributed by atoms with van der Waals surface area (Å²) in [6.45, 7) is 3.19. The molecule has 0 fully saturated rings. The molecule has 0 radical (unpaired) electrons.